The zero-order chi connectivity index (χ0) is 28.5. The molecule has 1 saturated carbocycles. The van der Waals surface area contributed by atoms with Gasteiger partial charge < -0.3 is 19.7 Å². The van der Waals surface area contributed by atoms with Crippen LogP contribution in [0.15, 0.2) is 24.3 Å². The molecule has 0 aromatic heterocycles. The van der Waals surface area contributed by atoms with Crippen molar-refractivity contribution in [3.05, 3.63) is 29.8 Å². The average Bonchev–Trinajstić information content (AvgIpc) is 2.90. The molecule has 0 atom stereocenters. The van der Waals surface area contributed by atoms with E-state index in [2.05, 4.69) is 41.4 Å². The average molecular weight is 555 g/mol. The van der Waals surface area contributed by atoms with Crippen molar-refractivity contribution in [2.24, 2.45) is 10.8 Å². The van der Waals surface area contributed by atoms with Gasteiger partial charge in [0, 0.05) is 24.8 Å². The topological polar surface area (TPSA) is 67.9 Å². The highest BCUT2D eigenvalue weighted by molar-refractivity contribution is 6.01. The van der Waals surface area contributed by atoms with E-state index in [1.807, 2.05) is 0 Å². The third-order valence-electron chi connectivity index (χ3n) is 8.64. The molecule has 1 aliphatic heterocycles. The van der Waals surface area contributed by atoms with Gasteiger partial charge in [-0.05, 0) is 89.8 Å². The number of likely N-dealkylation sites (tertiary alicyclic amines) is 1. The standard InChI is InChI=1S/C30H45F3N2O4/c1-4-38-26(36)29(30(31,32)33,27(37)39-5-2)18-17-28(15-7-6-8-16-28)19-22-35-20-13-25(14-21-35)34-24-11-9-23(3)10-12-24/h9-12,25,34H,4-8,13-22H2,1-3H3. The van der Waals surface area contributed by atoms with Crippen LogP contribution in [0.5, 0.6) is 0 Å². The van der Waals surface area contributed by atoms with Gasteiger partial charge in [-0.15, -0.1) is 0 Å². The summed E-state index contributed by atoms with van der Waals surface area (Å²) in [5.74, 6) is -3.10. The Morgan fingerprint density at radius 3 is 2.03 bits per heavy atom. The summed E-state index contributed by atoms with van der Waals surface area (Å²) in [6.45, 7) is 7.12. The number of esters is 2. The highest BCUT2D eigenvalue weighted by atomic mass is 19.4. The van der Waals surface area contributed by atoms with Crippen molar-refractivity contribution in [2.75, 3.05) is 38.2 Å². The van der Waals surface area contributed by atoms with Crippen LogP contribution < -0.4 is 5.32 Å². The number of ether oxygens (including phenoxy) is 2. The van der Waals surface area contributed by atoms with Crippen molar-refractivity contribution in [1.29, 1.82) is 0 Å². The maximum atomic E-state index is 14.5. The van der Waals surface area contributed by atoms with Gasteiger partial charge in [-0.3, -0.25) is 9.59 Å². The van der Waals surface area contributed by atoms with Gasteiger partial charge in [0.25, 0.3) is 5.41 Å². The zero-order valence-electron chi connectivity index (χ0n) is 23.7. The van der Waals surface area contributed by atoms with Crippen molar-refractivity contribution in [3.63, 3.8) is 0 Å². The number of benzene rings is 1. The van der Waals surface area contributed by atoms with Crippen molar-refractivity contribution >= 4 is 17.6 Å². The van der Waals surface area contributed by atoms with Crippen LogP contribution in [0.4, 0.5) is 18.9 Å². The first-order chi connectivity index (χ1) is 18.5. The first-order valence-corrected chi connectivity index (χ1v) is 14.5. The van der Waals surface area contributed by atoms with E-state index in [9.17, 15) is 22.8 Å². The lowest BCUT2D eigenvalue weighted by Gasteiger charge is -2.42. The molecule has 0 spiro atoms. The van der Waals surface area contributed by atoms with E-state index >= 15 is 0 Å². The fourth-order valence-corrected chi connectivity index (χ4v) is 6.13. The Morgan fingerprint density at radius 1 is 0.949 bits per heavy atom. The van der Waals surface area contributed by atoms with Crippen molar-refractivity contribution in [3.8, 4) is 0 Å². The third-order valence-corrected chi connectivity index (χ3v) is 8.64. The summed E-state index contributed by atoms with van der Waals surface area (Å²) in [4.78, 5) is 27.9. The number of alkyl halides is 3. The lowest BCUT2D eigenvalue weighted by atomic mass is 9.66. The second-order valence-electron chi connectivity index (χ2n) is 11.3. The summed E-state index contributed by atoms with van der Waals surface area (Å²) in [5, 5.41) is 3.61. The molecule has 220 valence electrons. The fraction of sp³-hybridized carbons (Fsp3) is 0.733. The Labute approximate surface area is 231 Å². The summed E-state index contributed by atoms with van der Waals surface area (Å²) in [6, 6.07) is 8.79. The third kappa shape index (κ3) is 7.89. The Hall–Kier alpha value is -2.29. The molecule has 0 radical (unpaired) electrons. The molecular weight excluding hydrogens is 509 g/mol. The van der Waals surface area contributed by atoms with Gasteiger partial charge in [0.2, 0.25) is 0 Å². The number of carbonyl (C=O) groups is 2. The number of carbonyl (C=O) groups excluding carboxylic acids is 2. The maximum absolute atomic E-state index is 14.5. The zero-order valence-corrected chi connectivity index (χ0v) is 23.7. The molecule has 0 unspecified atom stereocenters. The van der Waals surface area contributed by atoms with Crippen LogP contribution in [0.25, 0.3) is 0 Å². The van der Waals surface area contributed by atoms with E-state index in [1.54, 1.807) is 0 Å². The summed E-state index contributed by atoms with van der Waals surface area (Å²) in [6.07, 6.45) is 1.70. The lowest BCUT2D eigenvalue weighted by Crippen LogP contribution is -2.53. The minimum Gasteiger partial charge on any atom is -0.465 e. The van der Waals surface area contributed by atoms with Crippen LogP contribution in [-0.2, 0) is 19.1 Å². The second-order valence-corrected chi connectivity index (χ2v) is 11.3. The molecule has 9 heteroatoms. The molecule has 1 heterocycles. The van der Waals surface area contributed by atoms with Crippen LogP contribution in [0, 0.1) is 17.8 Å². The molecule has 2 aliphatic rings. The molecule has 39 heavy (non-hydrogen) atoms. The molecule has 3 rings (SSSR count). The number of aryl methyl sites for hydroxylation is 1. The Bertz CT molecular complexity index is 903. The van der Waals surface area contributed by atoms with Crippen LogP contribution in [0.1, 0.15) is 83.6 Å². The highest BCUT2D eigenvalue weighted by Crippen LogP contribution is 2.50. The minimum atomic E-state index is -5.10. The molecule has 6 nitrogen and oxygen atoms in total. The molecule has 1 aromatic carbocycles. The van der Waals surface area contributed by atoms with Gasteiger partial charge in [-0.25, -0.2) is 0 Å². The molecular formula is C30H45F3N2O4. The number of nitrogens with one attached hydrogen (secondary N) is 1. The largest absolute Gasteiger partial charge is 0.465 e. The predicted octanol–water partition coefficient (Wildman–Crippen LogP) is 6.67. The molecule has 1 saturated heterocycles. The number of hydrogen-bond donors (Lipinski definition) is 1. The van der Waals surface area contributed by atoms with Gasteiger partial charge in [0.05, 0.1) is 13.2 Å². The molecule has 1 N–H and O–H groups in total. The summed E-state index contributed by atoms with van der Waals surface area (Å²) in [5.41, 5.74) is -1.28. The SMILES string of the molecule is CCOC(=O)C(CCC1(CCN2CCC(Nc3ccc(C)cc3)CC2)CCCCC1)(C(=O)OCC)C(F)(F)F. The fourth-order valence-electron chi connectivity index (χ4n) is 6.13. The van der Waals surface area contributed by atoms with Gasteiger partial charge in [0.1, 0.15) is 0 Å². The first kappa shape index (κ1) is 31.2. The normalized spacial score (nSPS) is 18.9. The number of halogens is 3. The van der Waals surface area contributed by atoms with Crippen LogP contribution in [0.2, 0.25) is 0 Å². The predicted molar refractivity (Wildman–Crippen MR) is 145 cm³/mol. The molecule has 0 amide bonds. The smallest absolute Gasteiger partial charge is 0.415 e. The van der Waals surface area contributed by atoms with E-state index in [4.69, 9.17) is 9.47 Å². The monoisotopic (exact) mass is 554 g/mol. The van der Waals surface area contributed by atoms with E-state index in [1.165, 1.54) is 19.4 Å². The Kier molecular flexibility index (Phi) is 11.1. The number of nitrogens with zero attached hydrogens (tertiary/aromatic N) is 1. The van der Waals surface area contributed by atoms with Gasteiger partial charge in [-0.1, -0.05) is 37.0 Å². The van der Waals surface area contributed by atoms with E-state index < -0.39 is 30.0 Å². The quantitative estimate of drug-likeness (QED) is 0.230. The molecule has 1 aromatic rings. The van der Waals surface area contributed by atoms with Gasteiger partial charge >= 0.3 is 18.1 Å². The Morgan fingerprint density at radius 2 is 1.51 bits per heavy atom. The number of anilines is 1. The second kappa shape index (κ2) is 13.9. The summed E-state index contributed by atoms with van der Waals surface area (Å²) in [7, 11) is 0. The van der Waals surface area contributed by atoms with Crippen molar-refractivity contribution < 1.29 is 32.2 Å². The number of piperidine rings is 1. The van der Waals surface area contributed by atoms with E-state index in [0.717, 1.165) is 76.7 Å². The molecule has 2 fully saturated rings. The van der Waals surface area contributed by atoms with E-state index in [0.29, 0.717) is 6.04 Å². The minimum absolute atomic E-state index is 0.135. The number of rotatable bonds is 12. The van der Waals surface area contributed by atoms with Crippen molar-refractivity contribution in [2.45, 2.75) is 97.2 Å². The molecule has 0 bridgehead atoms. The summed E-state index contributed by atoms with van der Waals surface area (Å²) >= 11 is 0. The highest BCUT2D eigenvalue weighted by Gasteiger charge is 2.68. The van der Waals surface area contributed by atoms with Crippen LogP contribution in [-0.4, -0.2) is 61.9 Å². The van der Waals surface area contributed by atoms with Crippen molar-refractivity contribution in [1.82, 2.24) is 4.90 Å². The van der Waals surface area contributed by atoms with Crippen LogP contribution >= 0.6 is 0 Å². The molecule has 1 aliphatic carbocycles. The number of hydrogen-bond acceptors (Lipinski definition) is 6. The van der Waals surface area contributed by atoms with Crippen LogP contribution in [0.3, 0.4) is 0 Å². The van der Waals surface area contributed by atoms with Gasteiger partial charge in [0.15, 0.2) is 0 Å². The summed E-state index contributed by atoms with van der Waals surface area (Å²) < 4.78 is 53.1. The van der Waals surface area contributed by atoms with Gasteiger partial charge in [-0.2, -0.15) is 13.2 Å². The maximum Gasteiger partial charge on any atom is 0.415 e. The Balaban J connectivity index is 1.65. The first-order valence-electron chi connectivity index (χ1n) is 14.5. The van der Waals surface area contributed by atoms with E-state index in [-0.39, 0.29) is 25.0 Å². The lowest BCUT2D eigenvalue weighted by molar-refractivity contribution is -0.243.